The summed E-state index contributed by atoms with van der Waals surface area (Å²) in [6.45, 7) is 3.54. The van der Waals surface area contributed by atoms with Crippen LogP contribution in [0.3, 0.4) is 0 Å². The lowest BCUT2D eigenvalue weighted by Gasteiger charge is -2.13. The molecule has 0 fully saturated rings. The second-order valence-corrected chi connectivity index (χ2v) is 4.13. The molecule has 1 aromatic rings. The molecule has 1 rings (SSSR count). The SMILES string of the molecule is COc1ccc(C#CCO)cc1NC(=O)NC(C)C. The van der Waals surface area contributed by atoms with E-state index in [1.165, 1.54) is 7.11 Å². The Kier molecular flexibility index (Phi) is 5.71. The Morgan fingerprint density at radius 2 is 2.21 bits per heavy atom. The van der Waals surface area contributed by atoms with E-state index < -0.39 is 0 Å². The van der Waals surface area contributed by atoms with Crippen molar-refractivity contribution in [3.63, 3.8) is 0 Å². The predicted molar refractivity (Wildman–Crippen MR) is 74.2 cm³/mol. The number of aliphatic hydroxyl groups excluding tert-OH is 1. The van der Waals surface area contributed by atoms with Crippen molar-refractivity contribution in [1.29, 1.82) is 0 Å². The molecule has 0 atom stereocenters. The van der Waals surface area contributed by atoms with Crippen molar-refractivity contribution in [2.45, 2.75) is 19.9 Å². The quantitative estimate of drug-likeness (QED) is 0.724. The molecule has 0 saturated carbocycles. The van der Waals surface area contributed by atoms with Gasteiger partial charge in [-0.15, -0.1) is 0 Å². The highest BCUT2D eigenvalue weighted by Gasteiger charge is 2.08. The highest BCUT2D eigenvalue weighted by atomic mass is 16.5. The van der Waals surface area contributed by atoms with Gasteiger partial charge in [0.25, 0.3) is 0 Å². The summed E-state index contributed by atoms with van der Waals surface area (Å²) in [5.74, 6) is 5.87. The van der Waals surface area contributed by atoms with Crippen LogP contribution < -0.4 is 15.4 Å². The molecule has 2 amide bonds. The lowest BCUT2D eigenvalue weighted by molar-refractivity contribution is 0.250. The summed E-state index contributed by atoms with van der Waals surface area (Å²) >= 11 is 0. The highest BCUT2D eigenvalue weighted by molar-refractivity contribution is 5.91. The molecule has 0 unspecified atom stereocenters. The topological polar surface area (TPSA) is 70.6 Å². The fourth-order valence-corrected chi connectivity index (χ4v) is 1.45. The lowest BCUT2D eigenvalue weighted by atomic mass is 10.2. The molecule has 0 aliphatic heterocycles. The largest absolute Gasteiger partial charge is 0.495 e. The Labute approximate surface area is 113 Å². The summed E-state index contributed by atoms with van der Waals surface area (Å²) in [4.78, 5) is 11.7. The number of carbonyl (C=O) groups is 1. The van der Waals surface area contributed by atoms with Gasteiger partial charge in [-0.05, 0) is 32.0 Å². The van der Waals surface area contributed by atoms with Crippen molar-refractivity contribution in [3.05, 3.63) is 23.8 Å². The molecule has 0 spiro atoms. The second-order valence-electron chi connectivity index (χ2n) is 4.13. The smallest absolute Gasteiger partial charge is 0.319 e. The lowest BCUT2D eigenvalue weighted by Crippen LogP contribution is -2.34. The predicted octanol–water partition coefficient (Wildman–Crippen LogP) is 1.57. The number of hydrogen-bond acceptors (Lipinski definition) is 3. The minimum absolute atomic E-state index is 0.0448. The number of benzene rings is 1. The van der Waals surface area contributed by atoms with E-state index in [2.05, 4.69) is 22.5 Å². The van der Waals surface area contributed by atoms with Crippen LogP contribution in [-0.4, -0.2) is 30.9 Å². The van der Waals surface area contributed by atoms with Crippen LogP contribution in [0, 0.1) is 11.8 Å². The molecule has 1 aromatic carbocycles. The number of carbonyl (C=O) groups excluding carboxylic acids is 1. The normalized spacial score (nSPS) is 9.53. The average molecular weight is 262 g/mol. The Morgan fingerprint density at radius 1 is 1.47 bits per heavy atom. The van der Waals surface area contributed by atoms with Crippen molar-refractivity contribution in [2.24, 2.45) is 0 Å². The molecule has 19 heavy (non-hydrogen) atoms. The van der Waals surface area contributed by atoms with E-state index in [0.717, 1.165) is 0 Å². The molecule has 0 saturated heterocycles. The molecule has 0 aliphatic rings. The first-order valence-electron chi connectivity index (χ1n) is 5.92. The minimum atomic E-state index is -0.305. The third-order valence-electron chi connectivity index (χ3n) is 2.18. The van der Waals surface area contributed by atoms with Gasteiger partial charge in [0.15, 0.2) is 0 Å². The monoisotopic (exact) mass is 262 g/mol. The van der Waals surface area contributed by atoms with Crippen LogP contribution in [-0.2, 0) is 0 Å². The number of urea groups is 1. The Bertz CT molecular complexity index is 501. The van der Waals surface area contributed by atoms with Crippen molar-refractivity contribution in [2.75, 3.05) is 19.0 Å². The standard InChI is InChI=1S/C14H18N2O3/c1-10(2)15-14(18)16-12-9-11(5-4-8-17)6-7-13(12)19-3/h6-7,9-10,17H,8H2,1-3H3,(H2,15,16,18). The fraction of sp³-hybridized carbons (Fsp3) is 0.357. The Balaban J connectivity index is 2.92. The molecule has 0 heterocycles. The molecule has 3 N–H and O–H groups in total. The maximum Gasteiger partial charge on any atom is 0.319 e. The van der Waals surface area contributed by atoms with Gasteiger partial charge in [-0.25, -0.2) is 4.79 Å². The van der Waals surface area contributed by atoms with Gasteiger partial charge in [-0.3, -0.25) is 0 Å². The van der Waals surface area contributed by atoms with E-state index in [1.54, 1.807) is 18.2 Å². The van der Waals surface area contributed by atoms with E-state index in [1.807, 2.05) is 13.8 Å². The third-order valence-corrected chi connectivity index (χ3v) is 2.18. The first-order chi connectivity index (χ1) is 9.06. The van der Waals surface area contributed by atoms with E-state index in [9.17, 15) is 4.79 Å². The summed E-state index contributed by atoms with van der Waals surface area (Å²) in [5.41, 5.74) is 1.22. The van der Waals surface area contributed by atoms with Gasteiger partial charge < -0.3 is 20.5 Å². The summed E-state index contributed by atoms with van der Waals surface area (Å²) in [6.07, 6.45) is 0. The Morgan fingerprint density at radius 3 is 2.79 bits per heavy atom. The van der Waals surface area contributed by atoms with Crippen LogP contribution in [0.1, 0.15) is 19.4 Å². The first-order valence-corrected chi connectivity index (χ1v) is 5.92. The van der Waals surface area contributed by atoms with Gasteiger partial charge in [0.1, 0.15) is 12.4 Å². The number of ether oxygens (including phenoxy) is 1. The fourth-order valence-electron chi connectivity index (χ4n) is 1.45. The van der Waals surface area contributed by atoms with Crippen LogP contribution in [0.5, 0.6) is 5.75 Å². The van der Waals surface area contributed by atoms with Crippen LogP contribution in [0.25, 0.3) is 0 Å². The molecule has 0 aromatic heterocycles. The van der Waals surface area contributed by atoms with Gasteiger partial charge in [0.05, 0.1) is 12.8 Å². The summed E-state index contributed by atoms with van der Waals surface area (Å²) < 4.78 is 5.17. The summed E-state index contributed by atoms with van der Waals surface area (Å²) in [6, 6.07) is 4.91. The number of hydrogen-bond donors (Lipinski definition) is 3. The Hall–Kier alpha value is -2.19. The van der Waals surface area contributed by atoms with Crippen molar-refractivity contribution >= 4 is 11.7 Å². The van der Waals surface area contributed by atoms with Gasteiger partial charge in [-0.2, -0.15) is 0 Å². The van der Waals surface area contributed by atoms with Crippen LogP contribution in [0.15, 0.2) is 18.2 Å². The zero-order valence-corrected chi connectivity index (χ0v) is 11.3. The third kappa shape index (κ3) is 4.90. The molecule has 0 aliphatic carbocycles. The summed E-state index contributed by atoms with van der Waals surface area (Å²) in [7, 11) is 1.53. The number of methoxy groups -OCH3 is 1. The van der Waals surface area contributed by atoms with Gasteiger partial charge in [-0.1, -0.05) is 11.8 Å². The molecule has 0 bridgehead atoms. The molecule has 102 valence electrons. The van der Waals surface area contributed by atoms with Gasteiger partial charge in [0, 0.05) is 11.6 Å². The van der Waals surface area contributed by atoms with Crippen molar-refractivity contribution < 1.29 is 14.6 Å². The zero-order chi connectivity index (χ0) is 14.3. The van der Waals surface area contributed by atoms with E-state index >= 15 is 0 Å². The van der Waals surface area contributed by atoms with E-state index in [-0.39, 0.29) is 18.7 Å². The van der Waals surface area contributed by atoms with Gasteiger partial charge in [0.2, 0.25) is 0 Å². The summed E-state index contributed by atoms with van der Waals surface area (Å²) in [5, 5.41) is 14.1. The number of aliphatic hydroxyl groups is 1. The van der Waals surface area contributed by atoms with Crippen LogP contribution in [0.2, 0.25) is 0 Å². The van der Waals surface area contributed by atoms with E-state index in [4.69, 9.17) is 9.84 Å². The molecule has 5 nitrogen and oxygen atoms in total. The minimum Gasteiger partial charge on any atom is -0.495 e. The highest BCUT2D eigenvalue weighted by Crippen LogP contribution is 2.25. The number of anilines is 1. The molecular weight excluding hydrogens is 244 g/mol. The van der Waals surface area contributed by atoms with Crippen LogP contribution in [0.4, 0.5) is 10.5 Å². The number of amides is 2. The zero-order valence-electron chi connectivity index (χ0n) is 11.3. The van der Waals surface area contributed by atoms with Crippen molar-refractivity contribution in [1.82, 2.24) is 5.32 Å². The molecular formula is C14H18N2O3. The van der Waals surface area contributed by atoms with Gasteiger partial charge >= 0.3 is 6.03 Å². The number of rotatable bonds is 3. The molecule has 0 radical (unpaired) electrons. The van der Waals surface area contributed by atoms with Crippen LogP contribution >= 0.6 is 0 Å². The maximum atomic E-state index is 11.7. The van der Waals surface area contributed by atoms with Crippen molar-refractivity contribution in [3.8, 4) is 17.6 Å². The van der Waals surface area contributed by atoms with E-state index in [0.29, 0.717) is 17.0 Å². The average Bonchev–Trinajstić information content (AvgIpc) is 2.35. The first kappa shape index (κ1) is 14.9. The second kappa shape index (κ2) is 7.29. The maximum absolute atomic E-state index is 11.7. The number of nitrogens with one attached hydrogen (secondary N) is 2. The molecule has 5 heteroatoms.